The first-order chi connectivity index (χ1) is 15.2. The molecule has 8 heteroatoms. The van der Waals surface area contributed by atoms with E-state index in [1.165, 1.54) is 4.90 Å². The fourth-order valence-electron chi connectivity index (χ4n) is 4.14. The van der Waals surface area contributed by atoms with Gasteiger partial charge in [0.15, 0.2) is 5.76 Å². The van der Waals surface area contributed by atoms with Gasteiger partial charge in [-0.25, -0.2) is 4.98 Å². The molecule has 1 amide bonds. The summed E-state index contributed by atoms with van der Waals surface area (Å²) in [5.74, 6) is -1.56. The standard InChI is InChI=1S/C24H25ClN4O3/c1-14-6-5-11-28-19(15(2)26-23(14)28)21(30)18-20(16-7-9-17(25)10-8-16)29(13-12-27(3)4)24(32)22(18)31/h5-11,20,30H,12-13H2,1-4H3. The number of halogens is 1. The van der Waals surface area contributed by atoms with Crippen LogP contribution in [-0.2, 0) is 9.59 Å². The lowest BCUT2D eigenvalue weighted by Crippen LogP contribution is -2.35. The molecule has 0 saturated carbocycles. The highest BCUT2D eigenvalue weighted by Crippen LogP contribution is 2.40. The predicted molar refractivity (Wildman–Crippen MR) is 124 cm³/mol. The number of likely N-dealkylation sites (N-methyl/N-ethyl adjacent to an activating group) is 1. The Bertz CT molecular complexity index is 1240. The van der Waals surface area contributed by atoms with Crippen molar-refractivity contribution in [3.63, 3.8) is 0 Å². The lowest BCUT2D eigenvalue weighted by molar-refractivity contribution is -0.140. The van der Waals surface area contributed by atoms with Gasteiger partial charge in [0.1, 0.15) is 11.3 Å². The average molecular weight is 453 g/mol. The maximum atomic E-state index is 13.2. The highest BCUT2D eigenvalue weighted by atomic mass is 35.5. The van der Waals surface area contributed by atoms with Crippen LogP contribution in [0.15, 0.2) is 48.2 Å². The number of fused-ring (bicyclic) bond motifs is 1. The van der Waals surface area contributed by atoms with E-state index in [-0.39, 0.29) is 11.3 Å². The number of amides is 1. The molecule has 1 unspecified atom stereocenters. The fraction of sp³-hybridized carbons (Fsp3) is 0.292. The number of pyridine rings is 1. The first-order valence-electron chi connectivity index (χ1n) is 10.3. The van der Waals surface area contributed by atoms with Crippen LogP contribution in [0.3, 0.4) is 0 Å². The summed E-state index contributed by atoms with van der Waals surface area (Å²) in [5, 5.41) is 12.0. The number of rotatable bonds is 5. The van der Waals surface area contributed by atoms with E-state index >= 15 is 0 Å². The zero-order valence-electron chi connectivity index (χ0n) is 18.5. The van der Waals surface area contributed by atoms with Crippen LogP contribution in [0.1, 0.15) is 28.6 Å². The Morgan fingerprint density at radius 2 is 1.84 bits per heavy atom. The normalized spacial score (nSPS) is 18.3. The van der Waals surface area contributed by atoms with E-state index in [1.54, 1.807) is 41.8 Å². The number of carbonyl (C=O) groups excluding carboxylic acids is 2. The first-order valence-corrected chi connectivity index (χ1v) is 10.7. The zero-order chi connectivity index (χ0) is 23.2. The third-order valence-electron chi connectivity index (χ3n) is 5.76. The van der Waals surface area contributed by atoms with E-state index in [9.17, 15) is 14.7 Å². The van der Waals surface area contributed by atoms with Crippen LogP contribution in [0.5, 0.6) is 0 Å². The fourth-order valence-corrected chi connectivity index (χ4v) is 4.27. The summed E-state index contributed by atoms with van der Waals surface area (Å²) in [6.07, 6.45) is 1.79. The van der Waals surface area contributed by atoms with Crippen molar-refractivity contribution in [1.82, 2.24) is 19.2 Å². The average Bonchev–Trinajstić information content (AvgIpc) is 3.21. The minimum absolute atomic E-state index is 0.0579. The summed E-state index contributed by atoms with van der Waals surface area (Å²) in [7, 11) is 3.80. The van der Waals surface area contributed by atoms with Crippen molar-refractivity contribution in [3.8, 4) is 0 Å². The number of hydrogen-bond acceptors (Lipinski definition) is 5. The van der Waals surface area contributed by atoms with E-state index in [4.69, 9.17) is 11.6 Å². The number of nitrogens with zero attached hydrogens (tertiary/aromatic N) is 4. The molecule has 1 aliphatic heterocycles. The maximum absolute atomic E-state index is 13.2. The number of aryl methyl sites for hydroxylation is 2. The van der Waals surface area contributed by atoms with Crippen LogP contribution in [-0.4, -0.2) is 63.2 Å². The second-order valence-corrected chi connectivity index (χ2v) is 8.71. The van der Waals surface area contributed by atoms with Crippen LogP contribution in [0.25, 0.3) is 11.4 Å². The molecule has 0 spiro atoms. The van der Waals surface area contributed by atoms with Crippen molar-refractivity contribution in [2.75, 3.05) is 27.2 Å². The number of aromatic nitrogens is 2. The largest absolute Gasteiger partial charge is 0.505 e. The molecule has 1 aromatic carbocycles. The Morgan fingerprint density at radius 3 is 2.50 bits per heavy atom. The van der Waals surface area contributed by atoms with E-state index < -0.39 is 17.7 Å². The van der Waals surface area contributed by atoms with Gasteiger partial charge in [0.25, 0.3) is 11.7 Å². The molecular formula is C24H25ClN4O3. The molecule has 0 aliphatic carbocycles. The smallest absolute Gasteiger partial charge is 0.295 e. The summed E-state index contributed by atoms with van der Waals surface area (Å²) in [5.41, 5.74) is 3.38. The van der Waals surface area contributed by atoms with Gasteiger partial charge in [0.05, 0.1) is 17.3 Å². The van der Waals surface area contributed by atoms with Gasteiger partial charge in [0, 0.05) is 24.3 Å². The molecule has 166 valence electrons. The van der Waals surface area contributed by atoms with Crippen molar-refractivity contribution in [1.29, 1.82) is 0 Å². The molecule has 4 rings (SSSR count). The summed E-state index contributed by atoms with van der Waals surface area (Å²) >= 11 is 6.07. The van der Waals surface area contributed by atoms with Crippen LogP contribution in [0.4, 0.5) is 0 Å². The second-order valence-electron chi connectivity index (χ2n) is 8.28. The molecule has 3 aromatic rings. The topological polar surface area (TPSA) is 78.1 Å². The van der Waals surface area contributed by atoms with Gasteiger partial charge >= 0.3 is 0 Å². The van der Waals surface area contributed by atoms with Crippen molar-refractivity contribution in [3.05, 3.63) is 75.7 Å². The van der Waals surface area contributed by atoms with Gasteiger partial charge in [-0.1, -0.05) is 29.8 Å². The molecule has 0 radical (unpaired) electrons. The van der Waals surface area contributed by atoms with Gasteiger partial charge in [0.2, 0.25) is 0 Å². The zero-order valence-corrected chi connectivity index (χ0v) is 19.2. The lowest BCUT2D eigenvalue weighted by Gasteiger charge is -2.26. The molecule has 1 N–H and O–H groups in total. The monoisotopic (exact) mass is 452 g/mol. The molecule has 1 aliphatic rings. The maximum Gasteiger partial charge on any atom is 0.295 e. The number of Topliss-reactive ketones (excluding diaryl/α,β-unsaturated/α-hetero) is 1. The van der Waals surface area contributed by atoms with Gasteiger partial charge in [-0.05, 0) is 57.3 Å². The van der Waals surface area contributed by atoms with Crippen LogP contribution in [0, 0.1) is 13.8 Å². The summed E-state index contributed by atoms with van der Waals surface area (Å²) in [6.45, 7) is 4.62. The highest BCUT2D eigenvalue weighted by Gasteiger charge is 2.46. The molecule has 1 atom stereocenters. The highest BCUT2D eigenvalue weighted by molar-refractivity contribution is 6.46. The first kappa shape index (κ1) is 22.0. The van der Waals surface area contributed by atoms with Gasteiger partial charge in [-0.2, -0.15) is 0 Å². The second kappa shape index (κ2) is 8.41. The SMILES string of the molecule is Cc1nc2c(C)cccn2c1C(O)=C1C(=O)C(=O)N(CCN(C)C)C1c1ccc(Cl)cc1. The minimum atomic E-state index is -0.720. The molecule has 7 nitrogen and oxygen atoms in total. The number of aliphatic hydroxyl groups is 1. The summed E-state index contributed by atoms with van der Waals surface area (Å²) in [6, 6.07) is 10.0. The van der Waals surface area contributed by atoms with Crippen molar-refractivity contribution >= 4 is 34.7 Å². The Morgan fingerprint density at radius 1 is 1.16 bits per heavy atom. The van der Waals surface area contributed by atoms with Gasteiger partial charge < -0.3 is 14.9 Å². The third-order valence-corrected chi connectivity index (χ3v) is 6.01. The third kappa shape index (κ3) is 3.67. The molecule has 2 aromatic heterocycles. The molecule has 1 saturated heterocycles. The van der Waals surface area contributed by atoms with Crippen molar-refractivity contribution in [2.24, 2.45) is 0 Å². The van der Waals surface area contributed by atoms with E-state index in [2.05, 4.69) is 4.98 Å². The Labute approximate surface area is 191 Å². The van der Waals surface area contributed by atoms with Crippen LogP contribution >= 0.6 is 11.6 Å². The lowest BCUT2D eigenvalue weighted by atomic mass is 9.96. The van der Waals surface area contributed by atoms with Crippen molar-refractivity contribution < 1.29 is 14.7 Å². The number of hydrogen-bond donors (Lipinski definition) is 1. The molecule has 1 fully saturated rings. The molecular weight excluding hydrogens is 428 g/mol. The van der Waals surface area contributed by atoms with E-state index in [0.29, 0.717) is 40.7 Å². The number of aliphatic hydroxyl groups excluding tert-OH is 1. The van der Waals surface area contributed by atoms with Crippen LogP contribution < -0.4 is 0 Å². The molecule has 3 heterocycles. The number of likely N-dealkylation sites (tertiary alicyclic amines) is 1. The van der Waals surface area contributed by atoms with Crippen LogP contribution in [0.2, 0.25) is 5.02 Å². The predicted octanol–water partition coefficient (Wildman–Crippen LogP) is 3.59. The molecule has 32 heavy (non-hydrogen) atoms. The number of benzene rings is 1. The van der Waals surface area contributed by atoms with Crippen molar-refractivity contribution in [2.45, 2.75) is 19.9 Å². The number of ketones is 1. The number of carbonyl (C=O) groups is 2. The minimum Gasteiger partial charge on any atom is -0.505 e. The summed E-state index contributed by atoms with van der Waals surface area (Å²) in [4.78, 5) is 34.2. The van der Waals surface area contributed by atoms with E-state index in [1.807, 2.05) is 38.1 Å². The summed E-state index contributed by atoms with van der Waals surface area (Å²) < 4.78 is 1.76. The van der Waals surface area contributed by atoms with E-state index in [0.717, 1.165) is 5.56 Å². The molecule has 0 bridgehead atoms. The van der Waals surface area contributed by atoms with Gasteiger partial charge in [-0.3, -0.25) is 14.0 Å². The quantitative estimate of drug-likeness (QED) is 0.363. The number of imidazole rings is 1. The Kier molecular flexibility index (Phi) is 5.79. The Hall–Kier alpha value is -3.16. The Balaban J connectivity index is 1.94. The van der Waals surface area contributed by atoms with Gasteiger partial charge in [-0.15, -0.1) is 0 Å².